The van der Waals surface area contributed by atoms with Gasteiger partial charge in [-0.25, -0.2) is 0 Å². The predicted octanol–water partition coefficient (Wildman–Crippen LogP) is 5.97. The lowest BCUT2D eigenvalue weighted by atomic mass is 9.56. The molecule has 4 aliphatic carbocycles. The first-order chi connectivity index (χ1) is 12.2. The molecule has 1 aromatic rings. The zero-order chi connectivity index (χ0) is 17.0. The van der Waals surface area contributed by atoms with Crippen LogP contribution in [0, 0.1) is 17.3 Å². The molecule has 0 heterocycles. The average Bonchev–Trinajstić information content (AvgIpc) is 3.27. The molecular weight excluding hydrogens is 304 g/mol. The van der Waals surface area contributed by atoms with E-state index in [1.54, 1.807) is 23.8 Å². The van der Waals surface area contributed by atoms with Gasteiger partial charge in [0, 0.05) is 0 Å². The molecule has 2 saturated carbocycles. The Balaban J connectivity index is 1.49. The van der Waals surface area contributed by atoms with Gasteiger partial charge in [-0.05, 0) is 90.5 Å². The molecule has 0 unspecified atom stereocenters. The number of aryl methyl sites for hydroxylation is 1. The van der Waals surface area contributed by atoms with E-state index in [9.17, 15) is 0 Å². The van der Waals surface area contributed by atoms with Gasteiger partial charge in [-0.15, -0.1) is 0 Å². The van der Waals surface area contributed by atoms with Crippen molar-refractivity contribution in [3.05, 3.63) is 64.8 Å². The lowest BCUT2D eigenvalue weighted by Crippen LogP contribution is -2.39. The van der Waals surface area contributed by atoms with Crippen LogP contribution in [-0.4, -0.2) is 7.11 Å². The summed E-state index contributed by atoms with van der Waals surface area (Å²) < 4.78 is 5.45. The second-order valence-corrected chi connectivity index (χ2v) is 8.83. The molecule has 0 radical (unpaired) electrons. The number of ether oxygens (including phenoxy) is 1. The van der Waals surface area contributed by atoms with Gasteiger partial charge in [-0.1, -0.05) is 42.9 Å². The van der Waals surface area contributed by atoms with Gasteiger partial charge in [-0.3, -0.25) is 0 Å². The highest BCUT2D eigenvalue weighted by Crippen LogP contribution is 2.62. The SMILES string of the molecule is COc1ccc2c(c1)CC[C@@H]1[C@@H]2CC[C@]2(C)CC(=C3C=CC=C3)C[C@@H]12. The third kappa shape index (κ3) is 2.35. The first-order valence-electron chi connectivity index (χ1n) is 9.91. The van der Waals surface area contributed by atoms with Crippen LogP contribution < -0.4 is 4.74 Å². The minimum atomic E-state index is 0.526. The van der Waals surface area contributed by atoms with Crippen LogP contribution in [0.4, 0.5) is 0 Å². The minimum absolute atomic E-state index is 0.526. The zero-order valence-corrected chi connectivity index (χ0v) is 15.4. The fourth-order valence-electron chi connectivity index (χ4n) is 6.35. The smallest absolute Gasteiger partial charge is 0.119 e. The van der Waals surface area contributed by atoms with E-state index in [-0.39, 0.29) is 0 Å². The van der Waals surface area contributed by atoms with E-state index in [4.69, 9.17) is 4.74 Å². The summed E-state index contributed by atoms with van der Waals surface area (Å²) in [5.41, 5.74) is 6.92. The van der Waals surface area contributed by atoms with E-state index >= 15 is 0 Å². The topological polar surface area (TPSA) is 9.23 Å². The number of hydrogen-bond donors (Lipinski definition) is 0. The first-order valence-corrected chi connectivity index (χ1v) is 9.91. The van der Waals surface area contributed by atoms with Crippen molar-refractivity contribution in [3.8, 4) is 5.75 Å². The quantitative estimate of drug-likeness (QED) is 0.615. The first kappa shape index (κ1) is 15.5. The molecule has 5 rings (SSSR count). The molecule has 4 aliphatic rings. The lowest BCUT2D eigenvalue weighted by molar-refractivity contribution is 0.0598. The van der Waals surface area contributed by atoms with Crippen LogP contribution in [0.1, 0.15) is 56.1 Å². The molecule has 0 saturated heterocycles. The van der Waals surface area contributed by atoms with E-state index < -0.39 is 0 Å². The maximum atomic E-state index is 5.45. The summed E-state index contributed by atoms with van der Waals surface area (Å²) in [7, 11) is 1.78. The van der Waals surface area contributed by atoms with Gasteiger partial charge in [0.05, 0.1) is 7.11 Å². The summed E-state index contributed by atoms with van der Waals surface area (Å²) in [6.07, 6.45) is 17.0. The van der Waals surface area contributed by atoms with E-state index in [2.05, 4.69) is 49.4 Å². The number of rotatable bonds is 1. The second kappa shape index (κ2) is 5.62. The largest absolute Gasteiger partial charge is 0.497 e. The Kier molecular flexibility index (Phi) is 3.48. The molecule has 4 atom stereocenters. The molecule has 25 heavy (non-hydrogen) atoms. The predicted molar refractivity (Wildman–Crippen MR) is 103 cm³/mol. The number of benzene rings is 1. The number of allylic oxidation sites excluding steroid dienone is 6. The fourth-order valence-corrected chi connectivity index (χ4v) is 6.35. The maximum Gasteiger partial charge on any atom is 0.119 e. The second-order valence-electron chi connectivity index (χ2n) is 8.83. The summed E-state index contributed by atoms with van der Waals surface area (Å²) >= 11 is 0. The molecule has 1 heteroatoms. The highest BCUT2D eigenvalue weighted by Gasteiger charge is 2.51. The van der Waals surface area contributed by atoms with Crippen molar-refractivity contribution in [1.29, 1.82) is 0 Å². The van der Waals surface area contributed by atoms with Gasteiger partial charge >= 0.3 is 0 Å². The van der Waals surface area contributed by atoms with E-state index in [1.165, 1.54) is 44.1 Å². The van der Waals surface area contributed by atoms with Crippen LogP contribution in [-0.2, 0) is 6.42 Å². The molecule has 1 nitrogen and oxygen atoms in total. The summed E-state index contributed by atoms with van der Waals surface area (Å²) in [6, 6.07) is 6.82. The van der Waals surface area contributed by atoms with Gasteiger partial charge < -0.3 is 4.74 Å². The summed E-state index contributed by atoms with van der Waals surface area (Å²) in [5, 5.41) is 0. The Hall–Kier alpha value is -1.76. The van der Waals surface area contributed by atoms with Crippen molar-refractivity contribution >= 4 is 0 Å². The fraction of sp³-hybridized carbons (Fsp3) is 0.500. The molecule has 0 aromatic heterocycles. The summed E-state index contributed by atoms with van der Waals surface area (Å²) in [6.45, 7) is 2.58. The minimum Gasteiger partial charge on any atom is -0.497 e. The molecule has 0 bridgehead atoms. The lowest BCUT2D eigenvalue weighted by Gasteiger charge is -2.49. The van der Waals surface area contributed by atoms with Crippen molar-refractivity contribution in [2.45, 2.75) is 51.4 Å². The van der Waals surface area contributed by atoms with Crippen molar-refractivity contribution < 1.29 is 4.74 Å². The number of fused-ring (bicyclic) bond motifs is 5. The molecule has 1 aromatic carbocycles. The van der Waals surface area contributed by atoms with Crippen molar-refractivity contribution in [2.75, 3.05) is 7.11 Å². The van der Waals surface area contributed by atoms with E-state index in [1.807, 2.05) is 0 Å². The van der Waals surface area contributed by atoms with Crippen LogP contribution in [0.2, 0.25) is 0 Å². The van der Waals surface area contributed by atoms with Crippen molar-refractivity contribution in [3.63, 3.8) is 0 Å². The third-order valence-electron chi connectivity index (χ3n) is 7.61. The Morgan fingerprint density at radius 3 is 2.76 bits per heavy atom. The van der Waals surface area contributed by atoms with Crippen LogP contribution in [0.15, 0.2) is 53.6 Å². The molecular formula is C24H28O. The van der Waals surface area contributed by atoms with Crippen LogP contribution in [0.5, 0.6) is 5.75 Å². The van der Waals surface area contributed by atoms with Crippen LogP contribution in [0.25, 0.3) is 0 Å². The van der Waals surface area contributed by atoms with Crippen LogP contribution in [0.3, 0.4) is 0 Å². The standard InChI is InChI=1S/C24H28O/c1-24-12-11-21-20-10-8-19(25-2)13-17(20)7-9-22(21)23(24)14-18(15-24)16-5-3-4-6-16/h3-6,8,10,13,21-23H,7,9,11-12,14-15H2,1-2H3/t21-,22-,23+,24-/m1/s1. The highest BCUT2D eigenvalue weighted by atomic mass is 16.5. The van der Waals surface area contributed by atoms with Gasteiger partial charge in [0.25, 0.3) is 0 Å². The Morgan fingerprint density at radius 2 is 1.96 bits per heavy atom. The van der Waals surface area contributed by atoms with Crippen LogP contribution >= 0.6 is 0 Å². The van der Waals surface area contributed by atoms with Gasteiger partial charge in [-0.2, -0.15) is 0 Å². The molecule has 2 fully saturated rings. The normalized spacial score (nSPS) is 35.5. The van der Waals surface area contributed by atoms with E-state index in [0.29, 0.717) is 5.41 Å². The van der Waals surface area contributed by atoms with Crippen molar-refractivity contribution in [1.82, 2.24) is 0 Å². The Labute approximate surface area is 151 Å². The number of hydrogen-bond acceptors (Lipinski definition) is 1. The molecule has 0 aliphatic heterocycles. The number of methoxy groups -OCH3 is 1. The van der Waals surface area contributed by atoms with Gasteiger partial charge in [0.15, 0.2) is 0 Å². The highest BCUT2D eigenvalue weighted by molar-refractivity contribution is 5.46. The van der Waals surface area contributed by atoms with Crippen molar-refractivity contribution in [2.24, 2.45) is 17.3 Å². The molecule has 0 spiro atoms. The summed E-state index contributed by atoms with van der Waals surface area (Å²) in [5.74, 6) is 3.52. The Morgan fingerprint density at radius 1 is 1.12 bits per heavy atom. The maximum absolute atomic E-state index is 5.45. The molecule has 0 amide bonds. The molecule has 130 valence electrons. The van der Waals surface area contributed by atoms with E-state index in [0.717, 1.165) is 23.5 Å². The monoisotopic (exact) mass is 332 g/mol. The van der Waals surface area contributed by atoms with Gasteiger partial charge in [0.1, 0.15) is 5.75 Å². The third-order valence-corrected chi connectivity index (χ3v) is 7.61. The van der Waals surface area contributed by atoms with Gasteiger partial charge in [0.2, 0.25) is 0 Å². The zero-order valence-electron chi connectivity index (χ0n) is 15.4. The average molecular weight is 332 g/mol. The summed E-state index contributed by atoms with van der Waals surface area (Å²) in [4.78, 5) is 0. The Bertz CT molecular complexity index is 782. The molecule has 0 N–H and O–H groups in total.